The fourth-order valence-corrected chi connectivity index (χ4v) is 2.31. The van der Waals surface area contributed by atoms with Crippen LogP contribution < -0.4 is 0 Å². The van der Waals surface area contributed by atoms with E-state index in [2.05, 4.69) is 26.5 Å². The summed E-state index contributed by atoms with van der Waals surface area (Å²) in [6.45, 7) is 6.21. The molecule has 14 heavy (non-hydrogen) atoms. The topological polar surface area (TPSA) is 20.3 Å². The van der Waals surface area contributed by atoms with Gasteiger partial charge in [-0.1, -0.05) is 26.7 Å². The molecule has 0 spiro atoms. The summed E-state index contributed by atoms with van der Waals surface area (Å²) in [5.41, 5.74) is 0. The van der Waals surface area contributed by atoms with E-state index in [4.69, 9.17) is 0 Å². The van der Waals surface area contributed by atoms with Crippen molar-refractivity contribution in [2.24, 2.45) is 11.8 Å². The summed E-state index contributed by atoms with van der Waals surface area (Å²) in [4.78, 5) is 13.6. The molecule has 2 atom stereocenters. The Kier molecular flexibility index (Phi) is 4.79. The van der Waals surface area contributed by atoms with Crippen LogP contribution in [0.25, 0.3) is 0 Å². The highest BCUT2D eigenvalue weighted by Gasteiger charge is 2.29. The molecule has 2 nitrogen and oxygen atoms in total. The first-order chi connectivity index (χ1) is 6.71. The molecule has 1 rings (SSSR count). The lowest BCUT2D eigenvalue weighted by Gasteiger charge is -2.21. The molecule has 0 saturated carbocycles. The number of amides is 1. The van der Waals surface area contributed by atoms with Crippen molar-refractivity contribution in [3.63, 3.8) is 0 Å². The molecule has 1 fully saturated rings. The number of hydrogen-bond donors (Lipinski definition) is 1. The lowest BCUT2D eigenvalue weighted by Crippen LogP contribution is -2.31. The summed E-state index contributed by atoms with van der Waals surface area (Å²) in [5, 5.41) is 0. The van der Waals surface area contributed by atoms with E-state index in [1.165, 1.54) is 0 Å². The summed E-state index contributed by atoms with van der Waals surface area (Å²) >= 11 is 4.31. The fraction of sp³-hybridized carbons (Fsp3) is 0.909. The van der Waals surface area contributed by atoms with Crippen LogP contribution in [-0.2, 0) is 4.79 Å². The van der Waals surface area contributed by atoms with Crippen LogP contribution in [0.15, 0.2) is 0 Å². The van der Waals surface area contributed by atoms with Crippen molar-refractivity contribution in [2.75, 3.05) is 18.8 Å². The molecule has 0 aliphatic carbocycles. The molecule has 0 bridgehead atoms. The maximum absolute atomic E-state index is 11.6. The third-order valence-corrected chi connectivity index (χ3v) is 3.70. The molecule has 0 aromatic heterocycles. The van der Waals surface area contributed by atoms with Gasteiger partial charge in [0.1, 0.15) is 0 Å². The van der Waals surface area contributed by atoms with Gasteiger partial charge in [0.25, 0.3) is 0 Å². The predicted octanol–water partition coefficient (Wildman–Crippen LogP) is 2.20. The average Bonchev–Trinajstić information content (AvgIpc) is 2.56. The van der Waals surface area contributed by atoms with Crippen LogP contribution in [0.1, 0.15) is 33.1 Å². The van der Waals surface area contributed by atoms with Crippen molar-refractivity contribution < 1.29 is 4.79 Å². The number of rotatable bonds is 5. The van der Waals surface area contributed by atoms with Crippen LogP contribution in [0.4, 0.5) is 0 Å². The Morgan fingerprint density at radius 1 is 1.57 bits per heavy atom. The minimum atomic E-state index is 0.345. The zero-order valence-electron chi connectivity index (χ0n) is 9.20. The number of nitrogens with zero attached hydrogens (tertiary/aromatic N) is 1. The highest BCUT2D eigenvalue weighted by atomic mass is 32.1. The predicted molar refractivity (Wildman–Crippen MR) is 62.6 cm³/mol. The van der Waals surface area contributed by atoms with E-state index < -0.39 is 0 Å². The van der Waals surface area contributed by atoms with Gasteiger partial charge in [-0.25, -0.2) is 0 Å². The van der Waals surface area contributed by atoms with Crippen molar-refractivity contribution in [2.45, 2.75) is 33.1 Å². The Hall–Kier alpha value is -0.180. The minimum Gasteiger partial charge on any atom is -0.342 e. The lowest BCUT2D eigenvalue weighted by molar-refractivity contribution is -0.128. The van der Waals surface area contributed by atoms with Crippen molar-refractivity contribution in [3.8, 4) is 0 Å². The van der Waals surface area contributed by atoms with Crippen LogP contribution in [0.5, 0.6) is 0 Å². The lowest BCUT2D eigenvalue weighted by atomic mass is 10.1. The molecule has 2 unspecified atom stereocenters. The van der Waals surface area contributed by atoms with Gasteiger partial charge in [0.15, 0.2) is 0 Å². The van der Waals surface area contributed by atoms with E-state index in [0.29, 0.717) is 17.7 Å². The quantitative estimate of drug-likeness (QED) is 0.697. The number of hydrogen-bond acceptors (Lipinski definition) is 2. The van der Waals surface area contributed by atoms with Crippen molar-refractivity contribution >= 4 is 18.5 Å². The summed E-state index contributed by atoms with van der Waals surface area (Å²) in [7, 11) is 0. The van der Waals surface area contributed by atoms with Gasteiger partial charge >= 0.3 is 0 Å². The summed E-state index contributed by atoms with van der Waals surface area (Å²) in [6, 6.07) is 0. The molecule has 1 aliphatic heterocycles. The molecule has 1 heterocycles. The van der Waals surface area contributed by atoms with Gasteiger partial charge in [-0.05, 0) is 17.6 Å². The van der Waals surface area contributed by atoms with Crippen LogP contribution in [0.3, 0.4) is 0 Å². The zero-order chi connectivity index (χ0) is 10.6. The second-order valence-corrected chi connectivity index (χ2v) is 4.60. The van der Waals surface area contributed by atoms with Crippen molar-refractivity contribution in [1.82, 2.24) is 4.90 Å². The molecule has 1 amide bonds. The first-order valence-electron chi connectivity index (χ1n) is 5.59. The Morgan fingerprint density at radius 3 is 2.71 bits per heavy atom. The Labute approximate surface area is 92.5 Å². The van der Waals surface area contributed by atoms with Gasteiger partial charge < -0.3 is 4.90 Å². The van der Waals surface area contributed by atoms with Gasteiger partial charge in [-0.2, -0.15) is 12.6 Å². The Bertz CT molecular complexity index is 192. The number of carbonyl (C=O) groups is 1. The van der Waals surface area contributed by atoms with Crippen molar-refractivity contribution in [3.05, 3.63) is 0 Å². The Balaban J connectivity index is 2.41. The molecule has 0 aromatic carbocycles. The van der Waals surface area contributed by atoms with Crippen LogP contribution >= 0.6 is 12.6 Å². The molecular formula is C11H21NOS. The normalized spacial score (nSPS) is 24.4. The van der Waals surface area contributed by atoms with Crippen LogP contribution in [-0.4, -0.2) is 29.6 Å². The molecule has 1 aliphatic rings. The number of carbonyl (C=O) groups excluding carboxylic acids is 1. The van der Waals surface area contributed by atoms with E-state index in [9.17, 15) is 4.79 Å². The standard InChI is InChI=1S/C11H21NOS/c1-3-9-5-11(13)12(6-9)7-10(4-2)8-14/h9-10,14H,3-8H2,1-2H3. The first-order valence-corrected chi connectivity index (χ1v) is 6.23. The highest BCUT2D eigenvalue weighted by Crippen LogP contribution is 2.22. The minimum absolute atomic E-state index is 0.345. The molecule has 0 aromatic rings. The molecule has 3 heteroatoms. The van der Waals surface area contributed by atoms with E-state index in [1.807, 2.05) is 4.90 Å². The molecule has 1 saturated heterocycles. The third-order valence-electron chi connectivity index (χ3n) is 3.19. The van der Waals surface area contributed by atoms with Gasteiger partial charge in [0, 0.05) is 19.5 Å². The third kappa shape index (κ3) is 2.91. The zero-order valence-corrected chi connectivity index (χ0v) is 10.1. The summed E-state index contributed by atoms with van der Waals surface area (Å²) in [5.74, 6) is 2.40. The van der Waals surface area contributed by atoms with Gasteiger partial charge in [0.05, 0.1) is 0 Å². The van der Waals surface area contributed by atoms with Crippen LogP contribution in [0.2, 0.25) is 0 Å². The monoisotopic (exact) mass is 215 g/mol. The van der Waals surface area contributed by atoms with Crippen LogP contribution in [0, 0.1) is 11.8 Å². The highest BCUT2D eigenvalue weighted by molar-refractivity contribution is 7.80. The smallest absolute Gasteiger partial charge is 0.222 e. The second-order valence-electron chi connectivity index (χ2n) is 4.23. The number of thiol groups is 1. The molecule has 0 radical (unpaired) electrons. The van der Waals surface area contributed by atoms with E-state index >= 15 is 0 Å². The van der Waals surface area contributed by atoms with Crippen molar-refractivity contribution in [1.29, 1.82) is 0 Å². The molecule has 82 valence electrons. The Morgan fingerprint density at radius 2 is 2.29 bits per heavy atom. The van der Waals surface area contributed by atoms with E-state index in [0.717, 1.165) is 38.1 Å². The fourth-order valence-electron chi connectivity index (χ4n) is 1.93. The average molecular weight is 215 g/mol. The van der Waals surface area contributed by atoms with Gasteiger partial charge in [0.2, 0.25) is 5.91 Å². The molecular weight excluding hydrogens is 194 g/mol. The summed E-state index contributed by atoms with van der Waals surface area (Å²) < 4.78 is 0. The van der Waals surface area contributed by atoms with Gasteiger partial charge in [-0.3, -0.25) is 4.79 Å². The second kappa shape index (κ2) is 5.64. The SMILES string of the molecule is CCC(CS)CN1CC(CC)CC1=O. The molecule has 0 N–H and O–H groups in total. The number of likely N-dealkylation sites (tertiary alicyclic amines) is 1. The van der Waals surface area contributed by atoms with E-state index in [-0.39, 0.29) is 0 Å². The largest absolute Gasteiger partial charge is 0.342 e. The maximum Gasteiger partial charge on any atom is 0.222 e. The maximum atomic E-state index is 11.6. The van der Waals surface area contributed by atoms with Gasteiger partial charge in [-0.15, -0.1) is 0 Å². The summed E-state index contributed by atoms with van der Waals surface area (Å²) in [6.07, 6.45) is 3.00. The first kappa shape index (κ1) is 11.9. The van der Waals surface area contributed by atoms with E-state index in [1.54, 1.807) is 0 Å².